The van der Waals surface area contributed by atoms with Gasteiger partial charge in [-0.1, -0.05) is 6.92 Å². The summed E-state index contributed by atoms with van der Waals surface area (Å²) in [7, 11) is 3.97. The molecule has 0 heterocycles. The Hall–Kier alpha value is -0.610. The van der Waals surface area contributed by atoms with Crippen LogP contribution in [0.25, 0.3) is 0 Å². The van der Waals surface area contributed by atoms with Crippen molar-refractivity contribution in [1.29, 1.82) is 0 Å². The van der Waals surface area contributed by atoms with Crippen LogP contribution in [0.4, 0.5) is 0 Å². The van der Waals surface area contributed by atoms with Gasteiger partial charge in [-0.2, -0.15) is 0 Å². The number of rotatable bonds is 5. The summed E-state index contributed by atoms with van der Waals surface area (Å²) in [6, 6.07) is 0.488. The number of nitrogens with one attached hydrogen (secondary N) is 1. The molecule has 4 nitrogen and oxygen atoms in total. The molecule has 1 N–H and O–H groups in total. The SMILES string of the molecule is CCOC(=O)C1(NC)CCC(N(C)CC)C1. The highest BCUT2D eigenvalue weighted by atomic mass is 16.5. The number of carbonyl (C=O) groups is 1. The zero-order valence-corrected chi connectivity index (χ0v) is 10.9. The maximum Gasteiger partial charge on any atom is 0.326 e. The Morgan fingerprint density at radius 2 is 2.25 bits per heavy atom. The fraction of sp³-hybridized carbons (Fsp3) is 0.917. The molecule has 1 aliphatic rings. The van der Waals surface area contributed by atoms with E-state index in [2.05, 4.69) is 24.2 Å². The number of ether oxygens (including phenoxy) is 1. The van der Waals surface area contributed by atoms with Crippen molar-refractivity contribution >= 4 is 5.97 Å². The molecular weight excluding hydrogens is 204 g/mol. The van der Waals surface area contributed by atoms with Crippen LogP contribution in [0.1, 0.15) is 33.1 Å². The Morgan fingerprint density at radius 3 is 2.75 bits per heavy atom. The van der Waals surface area contributed by atoms with Gasteiger partial charge in [-0.15, -0.1) is 0 Å². The van der Waals surface area contributed by atoms with Crippen LogP contribution >= 0.6 is 0 Å². The molecule has 1 saturated carbocycles. The summed E-state index contributed by atoms with van der Waals surface area (Å²) in [6.07, 6.45) is 2.79. The number of hydrogen-bond donors (Lipinski definition) is 1. The van der Waals surface area contributed by atoms with Gasteiger partial charge in [0.2, 0.25) is 0 Å². The minimum Gasteiger partial charge on any atom is -0.465 e. The maximum atomic E-state index is 12.0. The zero-order valence-electron chi connectivity index (χ0n) is 10.9. The normalized spacial score (nSPS) is 29.7. The van der Waals surface area contributed by atoms with E-state index in [9.17, 15) is 4.79 Å². The summed E-state index contributed by atoms with van der Waals surface area (Å²) in [4.78, 5) is 14.3. The lowest BCUT2D eigenvalue weighted by Crippen LogP contribution is -2.50. The summed E-state index contributed by atoms with van der Waals surface area (Å²) in [5, 5.41) is 3.17. The molecule has 0 radical (unpaired) electrons. The van der Waals surface area contributed by atoms with Crippen molar-refractivity contribution < 1.29 is 9.53 Å². The lowest BCUT2D eigenvalue weighted by atomic mass is 9.97. The average Bonchev–Trinajstić information content (AvgIpc) is 2.74. The maximum absolute atomic E-state index is 12.0. The van der Waals surface area contributed by atoms with Crippen LogP contribution in [0.5, 0.6) is 0 Å². The van der Waals surface area contributed by atoms with Gasteiger partial charge in [0, 0.05) is 6.04 Å². The van der Waals surface area contributed by atoms with E-state index in [1.807, 2.05) is 14.0 Å². The fourth-order valence-corrected chi connectivity index (χ4v) is 2.44. The molecule has 16 heavy (non-hydrogen) atoms. The number of esters is 1. The number of likely N-dealkylation sites (N-methyl/N-ethyl adjacent to an activating group) is 1. The summed E-state index contributed by atoms with van der Waals surface area (Å²) in [5.41, 5.74) is -0.454. The van der Waals surface area contributed by atoms with Crippen molar-refractivity contribution in [3.63, 3.8) is 0 Å². The van der Waals surface area contributed by atoms with Crippen LogP contribution in [0.3, 0.4) is 0 Å². The molecule has 0 aliphatic heterocycles. The molecule has 0 aromatic heterocycles. The highest BCUT2D eigenvalue weighted by molar-refractivity contribution is 5.81. The topological polar surface area (TPSA) is 41.6 Å². The molecule has 1 fully saturated rings. The largest absolute Gasteiger partial charge is 0.465 e. The van der Waals surface area contributed by atoms with Crippen LogP contribution in [0.15, 0.2) is 0 Å². The van der Waals surface area contributed by atoms with Crippen LogP contribution < -0.4 is 5.32 Å². The van der Waals surface area contributed by atoms with E-state index < -0.39 is 5.54 Å². The van der Waals surface area contributed by atoms with E-state index in [-0.39, 0.29) is 5.97 Å². The van der Waals surface area contributed by atoms with Gasteiger partial charge in [-0.05, 0) is 46.8 Å². The summed E-state index contributed by atoms with van der Waals surface area (Å²) in [5.74, 6) is -0.0931. The van der Waals surface area contributed by atoms with Crippen molar-refractivity contribution in [2.45, 2.75) is 44.7 Å². The molecule has 0 spiro atoms. The molecule has 0 amide bonds. The minimum absolute atomic E-state index is 0.0931. The molecule has 0 aromatic rings. The predicted octanol–water partition coefficient (Wildman–Crippen LogP) is 1.01. The molecule has 2 atom stereocenters. The van der Waals surface area contributed by atoms with Crippen molar-refractivity contribution in [1.82, 2.24) is 10.2 Å². The van der Waals surface area contributed by atoms with Crippen LogP contribution in [0.2, 0.25) is 0 Å². The Labute approximate surface area is 98.3 Å². The van der Waals surface area contributed by atoms with Gasteiger partial charge in [-0.25, -0.2) is 0 Å². The smallest absolute Gasteiger partial charge is 0.326 e. The highest BCUT2D eigenvalue weighted by Gasteiger charge is 2.46. The van der Waals surface area contributed by atoms with Gasteiger partial charge in [0.1, 0.15) is 5.54 Å². The van der Waals surface area contributed by atoms with Gasteiger partial charge >= 0.3 is 5.97 Å². The number of carbonyl (C=O) groups excluding carboxylic acids is 1. The van der Waals surface area contributed by atoms with Gasteiger partial charge in [0.25, 0.3) is 0 Å². The first-order valence-electron chi connectivity index (χ1n) is 6.16. The van der Waals surface area contributed by atoms with Crippen molar-refractivity contribution in [3.8, 4) is 0 Å². The van der Waals surface area contributed by atoms with Crippen molar-refractivity contribution in [3.05, 3.63) is 0 Å². The van der Waals surface area contributed by atoms with Gasteiger partial charge in [-0.3, -0.25) is 4.79 Å². The van der Waals surface area contributed by atoms with E-state index in [1.165, 1.54) is 0 Å². The van der Waals surface area contributed by atoms with Gasteiger partial charge in [0.05, 0.1) is 6.61 Å². The third-order valence-corrected chi connectivity index (χ3v) is 3.76. The molecule has 0 aromatic carbocycles. The number of nitrogens with zero attached hydrogens (tertiary/aromatic N) is 1. The van der Waals surface area contributed by atoms with Crippen LogP contribution in [0, 0.1) is 0 Å². The van der Waals surface area contributed by atoms with E-state index in [0.717, 1.165) is 25.8 Å². The van der Waals surface area contributed by atoms with E-state index in [1.54, 1.807) is 0 Å². The lowest BCUT2D eigenvalue weighted by Gasteiger charge is -2.28. The third kappa shape index (κ3) is 2.55. The average molecular weight is 228 g/mol. The first-order valence-corrected chi connectivity index (χ1v) is 6.16. The van der Waals surface area contributed by atoms with Crippen LogP contribution in [-0.2, 0) is 9.53 Å². The highest BCUT2D eigenvalue weighted by Crippen LogP contribution is 2.33. The van der Waals surface area contributed by atoms with E-state index >= 15 is 0 Å². The van der Waals surface area contributed by atoms with Crippen molar-refractivity contribution in [2.24, 2.45) is 0 Å². The molecular formula is C12H24N2O2. The Bertz CT molecular complexity index is 245. The molecule has 4 heteroatoms. The standard InChI is InChI=1S/C12H24N2O2/c1-5-14(4)10-7-8-12(9-10,13-3)11(15)16-6-2/h10,13H,5-9H2,1-4H3. The molecule has 1 rings (SSSR count). The second-order valence-electron chi connectivity index (χ2n) is 4.52. The minimum atomic E-state index is -0.454. The van der Waals surface area contributed by atoms with E-state index in [0.29, 0.717) is 12.6 Å². The molecule has 2 unspecified atom stereocenters. The van der Waals surface area contributed by atoms with Crippen molar-refractivity contribution in [2.75, 3.05) is 27.2 Å². The fourth-order valence-electron chi connectivity index (χ4n) is 2.44. The van der Waals surface area contributed by atoms with Crippen LogP contribution in [-0.4, -0.2) is 49.7 Å². The zero-order chi connectivity index (χ0) is 12.2. The lowest BCUT2D eigenvalue weighted by molar-refractivity contribution is -0.151. The quantitative estimate of drug-likeness (QED) is 0.713. The summed E-state index contributed by atoms with van der Waals surface area (Å²) < 4.78 is 5.16. The first kappa shape index (κ1) is 13.5. The van der Waals surface area contributed by atoms with E-state index in [4.69, 9.17) is 4.74 Å². The Balaban J connectivity index is 2.67. The molecule has 0 saturated heterocycles. The number of hydrogen-bond acceptors (Lipinski definition) is 4. The van der Waals surface area contributed by atoms with Gasteiger partial charge in [0.15, 0.2) is 0 Å². The first-order chi connectivity index (χ1) is 7.59. The third-order valence-electron chi connectivity index (χ3n) is 3.76. The Morgan fingerprint density at radius 1 is 1.56 bits per heavy atom. The Kier molecular flexibility index (Phi) is 4.74. The van der Waals surface area contributed by atoms with Gasteiger partial charge < -0.3 is 15.0 Å². The summed E-state index contributed by atoms with van der Waals surface area (Å²) >= 11 is 0. The molecule has 94 valence electrons. The molecule has 1 aliphatic carbocycles. The summed E-state index contributed by atoms with van der Waals surface area (Å²) in [6.45, 7) is 5.47. The monoisotopic (exact) mass is 228 g/mol. The second kappa shape index (κ2) is 5.64. The predicted molar refractivity (Wildman–Crippen MR) is 64.4 cm³/mol. The molecule has 0 bridgehead atoms. The second-order valence-corrected chi connectivity index (χ2v) is 4.52.